The fourth-order valence-electron chi connectivity index (χ4n) is 2.53. The Balaban J connectivity index is 1.59. The van der Waals surface area contributed by atoms with Crippen molar-refractivity contribution in [2.75, 3.05) is 10.6 Å². The molecule has 1 saturated carbocycles. The van der Waals surface area contributed by atoms with Crippen molar-refractivity contribution in [3.8, 4) is 0 Å². The molecule has 0 spiro atoms. The second-order valence-electron chi connectivity index (χ2n) is 5.87. The van der Waals surface area contributed by atoms with Gasteiger partial charge in [0.2, 0.25) is 11.8 Å². The molecule has 6 heteroatoms. The van der Waals surface area contributed by atoms with Gasteiger partial charge in [0.25, 0.3) is 0 Å². The smallest absolute Gasteiger partial charge is 0.228 e. The first-order chi connectivity index (χ1) is 11.5. The molecule has 2 N–H and O–H groups in total. The molecule has 0 aromatic heterocycles. The van der Waals surface area contributed by atoms with Crippen molar-refractivity contribution in [2.45, 2.75) is 13.3 Å². The highest BCUT2D eigenvalue weighted by molar-refractivity contribution is 6.03. The number of benzene rings is 2. The summed E-state index contributed by atoms with van der Waals surface area (Å²) in [5.41, 5.74) is 1.55. The van der Waals surface area contributed by atoms with Crippen LogP contribution in [0, 0.1) is 30.4 Å². The SMILES string of the molecule is Cc1ccccc1NC(=O)C1CC1C(=O)Nc1ccc(F)cc1F. The van der Waals surface area contributed by atoms with E-state index in [1.165, 1.54) is 0 Å². The highest BCUT2D eigenvalue weighted by Crippen LogP contribution is 2.40. The number of carbonyl (C=O) groups is 2. The van der Waals surface area contributed by atoms with Crippen molar-refractivity contribution >= 4 is 23.2 Å². The highest BCUT2D eigenvalue weighted by atomic mass is 19.1. The second kappa shape index (κ2) is 6.39. The zero-order valence-electron chi connectivity index (χ0n) is 13.0. The summed E-state index contributed by atoms with van der Waals surface area (Å²) in [6.07, 6.45) is 0.409. The average Bonchev–Trinajstić information content (AvgIpc) is 3.33. The van der Waals surface area contributed by atoms with Gasteiger partial charge in [0.1, 0.15) is 11.6 Å². The standard InChI is InChI=1S/C18H16F2N2O2/c1-10-4-2-3-5-15(10)21-17(23)12-9-13(12)18(24)22-16-7-6-11(19)8-14(16)20/h2-8,12-13H,9H2,1H3,(H,21,23)(H,22,24). The molecule has 0 saturated heterocycles. The summed E-state index contributed by atoms with van der Waals surface area (Å²) in [4.78, 5) is 24.3. The van der Waals surface area contributed by atoms with E-state index < -0.39 is 29.4 Å². The number of anilines is 2. The van der Waals surface area contributed by atoms with Gasteiger partial charge in [0, 0.05) is 11.8 Å². The zero-order chi connectivity index (χ0) is 17.3. The van der Waals surface area contributed by atoms with Crippen LogP contribution in [0.5, 0.6) is 0 Å². The third-order valence-electron chi connectivity index (χ3n) is 4.06. The first-order valence-electron chi connectivity index (χ1n) is 7.58. The van der Waals surface area contributed by atoms with Crippen LogP contribution in [0.1, 0.15) is 12.0 Å². The predicted molar refractivity (Wildman–Crippen MR) is 86.4 cm³/mol. The largest absolute Gasteiger partial charge is 0.326 e. The number of hydrogen-bond acceptors (Lipinski definition) is 2. The maximum absolute atomic E-state index is 13.5. The number of carbonyl (C=O) groups excluding carboxylic acids is 2. The summed E-state index contributed by atoms with van der Waals surface area (Å²) < 4.78 is 26.4. The van der Waals surface area contributed by atoms with E-state index in [0.717, 1.165) is 17.7 Å². The Morgan fingerprint density at radius 3 is 2.21 bits per heavy atom. The van der Waals surface area contributed by atoms with E-state index >= 15 is 0 Å². The van der Waals surface area contributed by atoms with Crippen LogP contribution in [-0.2, 0) is 9.59 Å². The molecule has 0 aliphatic heterocycles. The lowest BCUT2D eigenvalue weighted by molar-refractivity contribution is -0.122. The van der Waals surface area contributed by atoms with Crippen molar-refractivity contribution < 1.29 is 18.4 Å². The van der Waals surface area contributed by atoms with Gasteiger partial charge in [-0.05, 0) is 37.1 Å². The van der Waals surface area contributed by atoms with Gasteiger partial charge in [-0.3, -0.25) is 9.59 Å². The molecule has 2 atom stereocenters. The third-order valence-corrected chi connectivity index (χ3v) is 4.06. The molecule has 24 heavy (non-hydrogen) atoms. The fraction of sp³-hybridized carbons (Fsp3) is 0.222. The Morgan fingerprint density at radius 2 is 1.58 bits per heavy atom. The second-order valence-corrected chi connectivity index (χ2v) is 5.87. The van der Waals surface area contributed by atoms with Crippen LogP contribution in [0.15, 0.2) is 42.5 Å². The van der Waals surface area contributed by atoms with Crippen LogP contribution in [0.3, 0.4) is 0 Å². The lowest BCUT2D eigenvalue weighted by Gasteiger charge is -2.08. The maximum atomic E-state index is 13.5. The van der Waals surface area contributed by atoms with Gasteiger partial charge in [-0.2, -0.15) is 0 Å². The van der Waals surface area contributed by atoms with Crippen LogP contribution >= 0.6 is 0 Å². The molecular formula is C18H16F2N2O2. The molecule has 2 amide bonds. The monoisotopic (exact) mass is 330 g/mol. The van der Waals surface area contributed by atoms with Gasteiger partial charge in [0.05, 0.1) is 17.5 Å². The van der Waals surface area contributed by atoms with Crippen molar-refractivity contribution in [1.82, 2.24) is 0 Å². The van der Waals surface area contributed by atoms with Gasteiger partial charge in [-0.1, -0.05) is 18.2 Å². The molecule has 1 aliphatic rings. The molecule has 2 unspecified atom stereocenters. The summed E-state index contributed by atoms with van der Waals surface area (Å²) in [6.45, 7) is 1.88. The molecule has 0 bridgehead atoms. The number of amides is 2. The topological polar surface area (TPSA) is 58.2 Å². The number of nitrogens with one attached hydrogen (secondary N) is 2. The summed E-state index contributed by atoms with van der Waals surface area (Å²) in [5, 5.41) is 5.20. The van der Waals surface area contributed by atoms with Gasteiger partial charge in [-0.15, -0.1) is 0 Å². The maximum Gasteiger partial charge on any atom is 0.228 e. The molecule has 3 rings (SSSR count). The van der Waals surface area contributed by atoms with Crippen molar-refractivity contribution in [3.63, 3.8) is 0 Å². The highest BCUT2D eigenvalue weighted by Gasteiger charge is 2.48. The van der Waals surface area contributed by atoms with E-state index in [4.69, 9.17) is 0 Å². The molecule has 0 heterocycles. The molecule has 4 nitrogen and oxygen atoms in total. The summed E-state index contributed by atoms with van der Waals surface area (Å²) in [6, 6.07) is 10.3. The van der Waals surface area contributed by atoms with Gasteiger partial charge in [-0.25, -0.2) is 8.78 Å². The number of aryl methyl sites for hydroxylation is 1. The lowest BCUT2D eigenvalue weighted by atomic mass is 10.2. The van der Waals surface area contributed by atoms with Crippen LogP contribution in [0.25, 0.3) is 0 Å². The number of hydrogen-bond donors (Lipinski definition) is 2. The Labute approximate surface area is 137 Å². The Bertz CT molecular complexity index is 807. The van der Waals surface area contributed by atoms with Crippen LogP contribution in [0.2, 0.25) is 0 Å². The van der Waals surface area contributed by atoms with E-state index in [1.54, 1.807) is 6.07 Å². The first-order valence-corrected chi connectivity index (χ1v) is 7.58. The summed E-state index contributed by atoms with van der Waals surface area (Å²) in [5.74, 6) is -3.17. The van der Waals surface area contributed by atoms with Crippen LogP contribution in [-0.4, -0.2) is 11.8 Å². The Kier molecular flexibility index (Phi) is 4.29. The normalized spacial score (nSPS) is 18.8. The van der Waals surface area contributed by atoms with Crippen LogP contribution in [0.4, 0.5) is 20.2 Å². The van der Waals surface area contributed by atoms with Gasteiger partial charge < -0.3 is 10.6 Å². The van der Waals surface area contributed by atoms with E-state index in [-0.39, 0.29) is 11.6 Å². The molecule has 0 radical (unpaired) electrons. The summed E-state index contributed by atoms with van der Waals surface area (Å²) >= 11 is 0. The van der Waals surface area contributed by atoms with Gasteiger partial charge in [0.15, 0.2) is 0 Å². The first kappa shape index (κ1) is 16.1. The lowest BCUT2D eigenvalue weighted by Crippen LogP contribution is -2.21. The van der Waals surface area contributed by atoms with Crippen molar-refractivity contribution in [3.05, 3.63) is 59.7 Å². The molecule has 2 aromatic carbocycles. The summed E-state index contributed by atoms with van der Waals surface area (Å²) in [7, 11) is 0. The minimum atomic E-state index is -0.843. The van der Waals surface area contributed by atoms with Crippen molar-refractivity contribution in [2.24, 2.45) is 11.8 Å². The number of para-hydroxylation sites is 1. The zero-order valence-corrected chi connectivity index (χ0v) is 13.0. The minimum Gasteiger partial charge on any atom is -0.326 e. The molecule has 2 aromatic rings. The van der Waals surface area contributed by atoms with E-state index in [1.807, 2.05) is 25.1 Å². The quantitative estimate of drug-likeness (QED) is 0.901. The fourth-order valence-corrected chi connectivity index (χ4v) is 2.53. The molecule has 124 valence electrons. The predicted octanol–water partition coefficient (Wildman–Crippen LogP) is 3.49. The van der Waals surface area contributed by atoms with Gasteiger partial charge >= 0.3 is 0 Å². The molecular weight excluding hydrogens is 314 g/mol. The van der Waals surface area contributed by atoms with Crippen LogP contribution < -0.4 is 10.6 Å². The Hall–Kier alpha value is -2.76. The Morgan fingerprint density at radius 1 is 0.958 bits per heavy atom. The molecule has 1 fully saturated rings. The molecule has 1 aliphatic carbocycles. The van der Waals surface area contributed by atoms with E-state index in [0.29, 0.717) is 18.2 Å². The minimum absolute atomic E-state index is 0.0913. The number of halogens is 2. The van der Waals surface area contributed by atoms with E-state index in [2.05, 4.69) is 10.6 Å². The third kappa shape index (κ3) is 3.42. The average molecular weight is 330 g/mol. The number of rotatable bonds is 4. The van der Waals surface area contributed by atoms with E-state index in [9.17, 15) is 18.4 Å². The van der Waals surface area contributed by atoms with Crippen molar-refractivity contribution in [1.29, 1.82) is 0 Å².